The van der Waals surface area contributed by atoms with Crippen molar-refractivity contribution in [2.75, 3.05) is 13.2 Å². The number of carbonyl (C=O) groups excluding carboxylic acids is 2. The van der Waals surface area contributed by atoms with Gasteiger partial charge in [-0.25, -0.2) is 4.79 Å². The maximum atomic E-state index is 11.3. The minimum absolute atomic E-state index is 0.0849. The zero-order valence-corrected chi connectivity index (χ0v) is 11.0. The van der Waals surface area contributed by atoms with Crippen LogP contribution in [0, 0.1) is 0 Å². The van der Waals surface area contributed by atoms with Crippen LogP contribution in [0.1, 0.15) is 18.9 Å². The van der Waals surface area contributed by atoms with E-state index < -0.39 is 5.97 Å². The zero-order chi connectivity index (χ0) is 13.9. The van der Waals surface area contributed by atoms with Gasteiger partial charge in [0.1, 0.15) is 0 Å². The fourth-order valence-electron chi connectivity index (χ4n) is 1.43. The molecule has 0 amide bonds. The predicted octanol–water partition coefficient (Wildman–Crippen LogP) is 2.28. The summed E-state index contributed by atoms with van der Waals surface area (Å²) in [6.45, 7) is 2.40. The molecule has 0 heterocycles. The third kappa shape index (κ3) is 7.03. The number of esters is 2. The van der Waals surface area contributed by atoms with Crippen molar-refractivity contribution < 1.29 is 19.1 Å². The normalized spacial score (nSPS) is 10.4. The van der Waals surface area contributed by atoms with E-state index in [1.165, 1.54) is 12.2 Å². The molecule has 1 aromatic rings. The van der Waals surface area contributed by atoms with Crippen LogP contribution in [0.4, 0.5) is 0 Å². The summed E-state index contributed by atoms with van der Waals surface area (Å²) in [6.07, 6.45) is 3.46. The molecule has 0 bridgehead atoms. The van der Waals surface area contributed by atoms with E-state index in [1.54, 1.807) is 6.92 Å². The maximum absolute atomic E-state index is 11.3. The van der Waals surface area contributed by atoms with Gasteiger partial charge in [-0.1, -0.05) is 36.4 Å². The first-order valence-electron chi connectivity index (χ1n) is 6.25. The topological polar surface area (TPSA) is 52.6 Å². The summed E-state index contributed by atoms with van der Waals surface area (Å²) in [7, 11) is 0. The maximum Gasteiger partial charge on any atom is 0.330 e. The Morgan fingerprint density at radius 1 is 1.16 bits per heavy atom. The van der Waals surface area contributed by atoms with Crippen LogP contribution in [-0.2, 0) is 25.5 Å². The van der Waals surface area contributed by atoms with Gasteiger partial charge in [0.2, 0.25) is 0 Å². The van der Waals surface area contributed by atoms with Crippen LogP contribution < -0.4 is 0 Å². The Balaban J connectivity index is 2.17. The van der Waals surface area contributed by atoms with Crippen LogP contribution >= 0.6 is 0 Å². The van der Waals surface area contributed by atoms with Gasteiger partial charge in [-0.15, -0.1) is 0 Å². The molecule has 1 aromatic carbocycles. The highest BCUT2D eigenvalue weighted by molar-refractivity contribution is 5.83. The average Bonchev–Trinajstić information content (AvgIpc) is 2.40. The number of carbonyl (C=O) groups is 2. The Bertz CT molecular complexity index is 423. The van der Waals surface area contributed by atoms with Gasteiger partial charge in [0.25, 0.3) is 0 Å². The van der Waals surface area contributed by atoms with Crippen LogP contribution in [0.2, 0.25) is 0 Å². The molecule has 0 fully saturated rings. The molecule has 0 saturated heterocycles. The molecular formula is C15H18O4. The summed E-state index contributed by atoms with van der Waals surface area (Å²) in [5.74, 6) is -0.795. The van der Waals surface area contributed by atoms with Crippen molar-refractivity contribution in [1.29, 1.82) is 0 Å². The van der Waals surface area contributed by atoms with Gasteiger partial charge >= 0.3 is 11.9 Å². The van der Waals surface area contributed by atoms with Gasteiger partial charge in [0.05, 0.1) is 19.6 Å². The van der Waals surface area contributed by atoms with E-state index in [-0.39, 0.29) is 12.4 Å². The van der Waals surface area contributed by atoms with Crippen LogP contribution in [0.15, 0.2) is 42.5 Å². The molecule has 19 heavy (non-hydrogen) atoms. The molecule has 0 aromatic heterocycles. The molecule has 4 nitrogen and oxygen atoms in total. The summed E-state index contributed by atoms with van der Waals surface area (Å²) in [5, 5.41) is 0. The van der Waals surface area contributed by atoms with Gasteiger partial charge in [-0.3, -0.25) is 4.79 Å². The highest BCUT2D eigenvalue weighted by Crippen LogP contribution is 2.00. The molecule has 0 spiro atoms. The standard InChI is InChI=1S/C15H18O4/c1-2-18-14(16)9-6-10-15(17)19-12-11-13-7-4-3-5-8-13/h3-8,10H,2,9,11-12H2,1H3/b10-6+. The van der Waals surface area contributed by atoms with Gasteiger partial charge < -0.3 is 9.47 Å². The first-order valence-corrected chi connectivity index (χ1v) is 6.25. The molecule has 102 valence electrons. The van der Waals surface area contributed by atoms with E-state index in [0.717, 1.165) is 5.56 Å². The summed E-state index contributed by atoms with van der Waals surface area (Å²) in [4.78, 5) is 22.3. The minimum atomic E-state index is -0.444. The number of ether oxygens (including phenoxy) is 2. The summed E-state index contributed by atoms with van der Waals surface area (Å²) in [6, 6.07) is 9.77. The van der Waals surface area contributed by atoms with Crippen molar-refractivity contribution in [3.63, 3.8) is 0 Å². The second-order valence-corrected chi connectivity index (χ2v) is 3.81. The second kappa shape index (κ2) is 8.91. The van der Waals surface area contributed by atoms with Crippen molar-refractivity contribution in [2.24, 2.45) is 0 Å². The first kappa shape index (κ1) is 15.0. The van der Waals surface area contributed by atoms with Crippen molar-refractivity contribution in [1.82, 2.24) is 0 Å². The van der Waals surface area contributed by atoms with Crippen LogP contribution in [0.5, 0.6) is 0 Å². The Hall–Kier alpha value is -2.10. The summed E-state index contributed by atoms with van der Waals surface area (Å²) in [5.41, 5.74) is 1.12. The number of hydrogen-bond acceptors (Lipinski definition) is 4. The van der Waals surface area contributed by atoms with Crippen molar-refractivity contribution in [2.45, 2.75) is 19.8 Å². The second-order valence-electron chi connectivity index (χ2n) is 3.81. The average molecular weight is 262 g/mol. The molecule has 1 rings (SSSR count). The van der Waals surface area contributed by atoms with E-state index in [0.29, 0.717) is 19.6 Å². The molecule has 0 N–H and O–H groups in total. The van der Waals surface area contributed by atoms with Crippen molar-refractivity contribution in [3.05, 3.63) is 48.0 Å². The minimum Gasteiger partial charge on any atom is -0.466 e. The molecule has 0 radical (unpaired) electrons. The van der Waals surface area contributed by atoms with Crippen molar-refractivity contribution in [3.8, 4) is 0 Å². The molecule has 0 atom stereocenters. The van der Waals surface area contributed by atoms with E-state index in [9.17, 15) is 9.59 Å². The third-order valence-electron chi connectivity index (χ3n) is 2.32. The van der Waals surface area contributed by atoms with E-state index in [4.69, 9.17) is 9.47 Å². The lowest BCUT2D eigenvalue weighted by atomic mass is 10.2. The van der Waals surface area contributed by atoms with Crippen LogP contribution in [0.25, 0.3) is 0 Å². The zero-order valence-electron chi connectivity index (χ0n) is 11.0. The highest BCUT2D eigenvalue weighted by Gasteiger charge is 2.00. The monoisotopic (exact) mass is 262 g/mol. The highest BCUT2D eigenvalue weighted by atomic mass is 16.5. The fraction of sp³-hybridized carbons (Fsp3) is 0.333. The third-order valence-corrected chi connectivity index (χ3v) is 2.32. The summed E-state index contributed by atoms with van der Waals surface area (Å²) < 4.78 is 9.73. The summed E-state index contributed by atoms with van der Waals surface area (Å²) >= 11 is 0. The Morgan fingerprint density at radius 3 is 2.58 bits per heavy atom. The van der Waals surface area contributed by atoms with Gasteiger partial charge in [0.15, 0.2) is 0 Å². The Morgan fingerprint density at radius 2 is 1.89 bits per heavy atom. The smallest absolute Gasteiger partial charge is 0.330 e. The van der Waals surface area contributed by atoms with Crippen molar-refractivity contribution >= 4 is 11.9 Å². The fourth-order valence-corrected chi connectivity index (χ4v) is 1.43. The Kier molecular flexibility index (Phi) is 7.02. The lowest BCUT2D eigenvalue weighted by molar-refractivity contribution is -0.142. The van der Waals surface area contributed by atoms with E-state index in [2.05, 4.69) is 0 Å². The van der Waals surface area contributed by atoms with Gasteiger partial charge in [-0.05, 0) is 12.5 Å². The first-order chi connectivity index (χ1) is 9.22. The largest absolute Gasteiger partial charge is 0.466 e. The molecule has 0 aliphatic rings. The van der Waals surface area contributed by atoms with Gasteiger partial charge in [0, 0.05) is 12.5 Å². The molecule has 0 saturated carbocycles. The molecule has 4 heteroatoms. The molecule has 0 aliphatic carbocycles. The number of hydrogen-bond donors (Lipinski definition) is 0. The Labute approximate surface area is 113 Å². The lowest BCUT2D eigenvalue weighted by Gasteiger charge is -2.02. The molecular weight excluding hydrogens is 244 g/mol. The number of rotatable bonds is 7. The molecule has 0 unspecified atom stereocenters. The quantitative estimate of drug-likeness (QED) is 0.559. The molecule has 0 aliphatic heterocycles. The lowest BCUT2D eigenvalue weighted by Crippen LogP contribution is -2.06. The number of benzene rings is 1. The van der Waals surface area contributed by atoms with Gasteiger partial charge in [-0.2, -0.15) is 0 Å². The van der Waals surface area contributed by atoms with Crippen LogP contribution in [0.3, 0.4) is 0 Å². The SMILES string of the molecule is CCOC(=O)C/C=C/C(=O)OCCc1ccccc1. The predicted molar refractivity (Wildman–Crippen MR) is 71.5 cm³/mol. The van der Waals surface area contributed by atoms with E-state index >= 15 is 0 Å². The van der Waals surface area contributed by atoms with Crippen LogP contribution in [-0.4, -0.2) is 25.2 Å². The van der Waals surface area contributed by atoms with E-state index in [1.807, 2.05) is 30.3 Å².